The molecule has 84 valence electrons. The van der Waals surface area contributed by atoms with E-state index in [-0.39, 0.29) is 18.9 Å². The van der Waals surface area contributed by atoms with Crippen LogP contribution in [0.25, 0.3) is 0 Å². The molecule has 2 rings (SSSR count). The number of carboxylic acids is 1. The number of carboxylic acid groups (broad SMARTS) is 1. The van der Waals surface area contributed by atoms with E-state index in [2.05, 4.69) is 0 Å². The minimum atomic E-state index is -1.24. The summed E-state index contributed by atoms with van der Waals surface area (Å²) in [6, 6.07) is 5.51. The van der Waals surface area contributed by atoms with Gasteiger partial charge in [0.15, 0.2) is 0 Å². The van der Waals surface area contributed by atoms with Gasteiger partial charge in [-0.05, 0) is 18.2 Å². The molecule has 1 aromatic rings. The van der Waals surface area contributed by atoms with Crippen LogP contribution < -0.4 is 10.0 Å². The molecule has 0 N–H and O–H groups in total. The zero-order valence-corrected chi connectivity index (χ0v) is 8.35. The smallest absolute Gasteiger partial charge is 0.227 e. The lowest BCUT2D eigenvalue weighted by Gasteiger charge is -2.17. The third-order valence-electron chi connectivity index (χ3n) is 2.58. The number of rotatable bonds is 2. The molecular formula is C11H9FNO3-. The second-order valence-corrected chi connectivity index (χ2v) is 3.70. The molecule has 16 heavy (non-hydrogen) atoms. The maximum Gasteiger partial charge on any atom is 0.227 e. The van der Waals surface area contributed by atoms with Gasteiger partial charge in [-0.25, -0.2) is 4.39 Å². The Kier molecular flexibility index (Phi) is 2.60. The summed E-state index contributed by atoms with van der Waals surface area (Å²) in [5.41, 5.74) is 0.383. The van der Waals surface area contributed by atoms with Gasteiger partial charge in [-0.1, -0.05) is 6.07 Å². The molecular weight excluding hydrogens is 213 g/mol. The SMILES string of the molecule is O=C([O-])[C@@H]1CC(=O)N(c2cccc(F)c2)C1. The number of carbonyl (C=O) groups excluding carboxylic acids is 2. The van der Waals surface area contributed by atoms with E-state index in [1.54, 1.807) is 6.07 Å². The fourth-order valence-electron chi connectivity index (χ4n) is 1.76. The van der Waals surface area contributed by atoms with Crippen molar-refractivity contribution in [1.29, 1.82) is 0 Å². The molecule has 0 spiro atoms. The molecule has 0 aromatic heterocycles. The van der Waals surface area contributed by atoms with Crippen LogP contribution in [0, 0.1) is 11.7 Å². The normalized spacial score (nSPS) is 20.2. The van der Waals surface area contributed by atoms with E-state index in [0.717, 1.165) is 0 Å². The number of amides is 1. The first kappa shape index (κ1) is 10.6. The Morgan fingerprint density at radius 2 is 2.25 bits per heavy atom. The zero-order chi connectivity index (χ0) is 11.7. The predicted octanol–water partition coefficient (Wildman–Crippen LogP) is -0.0715. The summed E-state index contributed by atoms with van der Waals surface area (Å²) >= 11 is 0. The highest BCUT2D eigenvalue weighted by Crippen LogP contribution is 2.25. The molecule has 0 saturated carbocycles. The monoisotopic (exact) mass is 222 g/mol. The van der Waals surface area contributed by atoms with Crippen LogP contribution in [0.4, 0.5) is 10.1 Å². The highest BCUT2D eigenvalue weighted by Gasteiger charge is 2.31. The first-order valence-corrected chi connectivity index (χ1v) is 4.84. The third kappa shape index (κ3) is 1.88. The topological polar surface area (TPSA) is 60.4 Å². The first-order valence-electron chi connectivity index (χ1n) is 4.84. The van der Waals surface area contributed by atoms with Crippen LogP contribution in [0.5, 0.6) is 0 Å². The summed E-state index contributed by atoms with van der Waals surface area (Å²) in [4.78, 5) is 23.4. The summed E-state index contributed by atoms with van der Waals surface area (Å²) in [5, 5.41) is 10.6. The predicted molar refractivity (Wildman–Crippen MR) is 51.9 cm³/mol. The van der Waals surface area contributed by atoms with Crippen molar-refractivity contribution in [3.8, 4) is 0 Å². The maximum atomic E-state index is 12.9. The van der Waals surface area contributed by atoms with Crippen molar-refractivity contribution in [3.63, 3.8) is 0 Å². The molecule has 0 radical (unpaired) electrons. The van der Waals surface area contributed by atoms with E-state index in [9.17, 15) is 19.1 Å². The third-order valence-corrected chi connectivity index (χ3v) is 2.58. The van der Waals surface area contributed by atoms with Crippen molar-refractivity contribution < 1.29 is 19.1 Å². The number of benzene rings is 1. The molecule has 1 aliphatic heterocycles. The van der Waals surface area contributed by atoms with Gasteiger partial charge in [0.1, 0.15) is 5.82 Å². The fourth-order valence-corrected chi connectivity index (χ4v) is 1.76. The maximum absolute atomic E-state index is 12.9. The van der Waals surface area contributed by atoms with E-state index in [4.69, 9.17) is 0 Å². The van der Waals surface area contributed by atoms with E-state index >= 15 is 0 Å². The van der Waals surface area contributed by atoms with Crippen molar-refractivity contribution in [1.82, 2.24) is 0 Å². The summed E-state index contributed by atoms with van der Waals surface area (Å²) in [6.45, 7) is 0.0463. The van der Waals surface area contributed by atoms with Crippen LogP contribution in [0.15, 0.2) is 24.3 Å². The highest BCUT2D eigenvalue weighted by atomic mass is 19.1. The molecule has 1 heterocycles. The van der Waals surface area contributed by atoms with Crippen molar-refractivity contribution in [2.45, 2.75) is 6.42 Å². The number of hydrogen-bond acceptors (Lipinski definition) is 3. The molecule has 4 nitrogen and oxygen atoms in total. The lowest BCUT2D eigenvalue weighted by atomic mass is 10.1. The summed E-state index contributed by atoms with van der Waals surface area (Å²) in [5.74, 6) is -2.83. The van der Waals surface area contributed by atoms with Gasteiger partial charge in [0, 0.05) is 30.5 Å². The minimum Gasteiger partial charge on any atom is -0.550 e. The van der Waals surface area contributed by atoms with Crippen molar-refractivity contribution in [2.75, 3.05) is 11.4 Å². The van der Waals surface area contributed by atoms with Gasteiger partial charge in [-0.2, -0.15) is 0 Å². The van der Waals surface area contributed by atoms with Crippen LogP contribution in [0.1, 0.15) is 6.42 Å². The summed E-state index contributed by atoms with van der Waals surface area (Å²) in [6.07, 6.45) is -0.0845. The molecule has 1 aromatic carbocycles. The fraction of sp³-hybridized carbons (Fsp3) is 0.273. The van der Waals surface area contributed by atoms with Gasteiger partial charge in [-0.15, -0.1) is 0 Å². The number of carbonyl (C=O) groups is 2. The summed E-state index contributed by atoms with van der Waals surface area (Å²) in [7, 11) is 0. The van der Waals surface area contributed by atoms with Gasteiger partial charge < -0.3 is 14.8 Å². The van der Waals surface area contributed by atoms with Crippen LogP contribution >= 0.6 is 0 Å². The van der Waals surface area contributed by atoms with E-state index in [1.807, 2.05) is 0 Å². The van der Waals surface area contributed by atoms with Crippen molar-refractivity contribution >= 4 is 17.6 Å². The van der Waals surface area contributed by atoms with Crippen LogP contribution in [-0.4, -0.2) is 18.4 Å². The van der Waals surface area contributed by atoms with E-state index in [0.29, 0.717) is 5.69 Å². The van der Waals surface area contributed by atoms with Crippen LogP contribution in [0.2, 0.25) is 0 Å². The zero-order valence-electron chi connectivity index (χ0n) is 8.35. The standard InChI is InChI=1S/C11H10FNO3/c12-8-2-1-3-9(5-8)13-6-7(11(15)16)4-10(13)14/h1-3,5,7H,4,6H2,(H,15,16)/p-1/t7-/m1/s1. The Morgan fingerprint density at radius 3 is 2.81 bits per heavy atom. The average molecular weight is 222 g/mol. The molecule has 1 fully saturated rings. The van der Waals surface area contributed by atoms with Gasteiger partial charge in [-0.3, -0.25) is 4.79 Å². The minimum absolute atomic E-state index is 0.0463. The molecule has 0 unspecified atom stereocenters. The van der Waals surface area contributed by atoms with Gasteiger partial charge in [0.25, 0.3) is 0 Å². The molecule has 0 aliphatic carbocycles. The van der Waals surface area contributed by atoms with E-state index < -0.39 is 17.7 Å². The average Bonchev–Trinajstić information content (AvgIpc) is 2.60. The van der Waals surface area contributed by atoms with Gasteiger partial charge in [0.05, 0.1) is 0 Å². The molecule has 5 heteroatoms. The largest absolute Gasteiger partial charge is 0.550 e. The highest BCUT2D eigenvalue weighted by molar-refractivity contribution is 5.98. The summed E-state index contributed by atoms with van der Waals surface area (Å²) < 4.78 is 12.9. The second-order valence-electron chi connectivity index (χ2n) is 3.70. The lowest BCUT2D eigenvalue weighted by molar-refractivity contribution is -0.310. The molecule has 1 atom stereocenters. The molecule has 1 amide bonds. The van der Waals surface area contributed by atoms with Crippen LogP contribution in [0.3, 0.4) is 0 Å². The Balaban J connectivity index is 2.23. The molecule has 1 saturated heterocycles. The molecule has 1 aliphatic rings. The van der Waals surface area contributed by atoms with Gasteiger partial charge in [0.2, 0.25) is 5.91 Å². The van der Waals surface area contributed by atoms with Crippen molar-refractivity contribution in [2.24, 2.45) is 5.92 Å². The van der Waals surface area contributed by atoms with Gasteiger partial charge >= 0.3 is 0 Å². The van der Waals surface area contributed by atoms with Crippen LogP contribution in [-0.2, 0) is 9.59 Å². The number of halogens is 1. The number of aliphatic carboxylic acids is 1. The quantitative estimate of drug-likeness (QED) is 0.703. The Hall–Kier alpha value is -1.91. The Bertz CT molecular complexity index is 447. The Morgan fingerprint density at radius 1 is 1.50 bits per heavy atom. The second kappa shape index (κ2) is 3.92. The first-order chi connectivity index (χ1) is 7.58. The Labute approximate surface area is 91.3 Å². The lowest BCUT2D eigenvalue weighted by Crippen LogP contribution is -2.33. The number of nitrogens with zero attached hydrogens (tertiary/aromatic N) is 1. The van der Waals surface area contributed by atoms with E-state index in [1.165, 1.54) is 23.1 Å². The number of anilines is 1. The molecule has 0 bridgehead atoms. The van der Waals surface area contributed by atoms with Crippen molar-refractivity contribution in [3.05, 3.63) is 30.1 Å². The number of hydrogen-bond donors (Lipinski definition) is 0.